The van der Waals surface area contributed by atoms with E-state index in [9.17, 15) is 17.9 Å². The maximum absolute atomic E-state index is 13.0. The molecule has 1 atom stereocenters. The summed E-state index contributed by atoms with van der Waals surface area (Å²) in [6.07, 6.45) is 0.0541. The Bertz CT molecular complexity index is 529. The van der Waals surface area contributed by atoms with Crippen LogP contribution in [0.1, 0.15) is 12.0 Å². The van der Waals surface area contributed by atoms with Gasteiger partial charge in [0.1, 0.15) is 11.4 Å². The second-order valence-corrected chi connectivity index (χ2v) is 6.59. The molecule has 1 aromatic carbocycles. The third kappa shape index (κ3) is 2.07. The lowest BCUT2D eigenvalue weighted by atomic mass is 9.93. The fraction of sp³-hybridized carbons (Fsp3) is 0.400. The molecule has 2 rings (SSSR count). The summed E-state index contributed by atoms with van der Waals surface area (Å²) in [6.45, 7) is 0. The van der Waals surface area contributed by atoms with E-state index in [1.54, 1.807) is 0 Å². The molecule has 1 fully saturated rings. The van der Waals surface area contributed by atoms with E-state index in [1.165, 1.54) is 12.1 Å². The molecule has 0 saturated carbocycles. The SMILES string of the molecule is O=S1(=O)CCC(O)(c2cc(F)ccc2Cl)C1. The molecule has 1 heterocycles. The van der Waals surface area contributed by atoms with E-state index < -0.39 is 27.0 Å². The Balaban J connectivity index is 2.49. The van der Waals surface area contributed by atoms with Crippen molar-refractivity contribution in [1.29, 1.82) is 0 Å². The van der Waals surface area contributed by atoms with Crippen molar-refractivity contribution in [1.82, 2.24) is 0 Å². The number of hydrogen-bond acceptors (Lipinski definition) is 3. The molecule has 1 aliphatic heterocycles. The van der Waals surface area contributed by atoms with Crippen LogP contribution in [-0.4, -0.2) is 25.0 Å². The molecule has 0 aromatic heterocycles. The number of aliphatic hydroxyl groups is 1. The van der Waals surface area contributed by atoms with Crippen molar-refractivity contribution in [3.05, 3.63) is 34.6 Å². The van der Waals surface area contributed by atoms with Gasteiger partial charge in [0.15, 0.2) is 9.84 Å². The molecule has 1 saturated heterocycles. The highest BCUT2D eigenvalue weighted by Crippen LogP contribution is 2.37. The summed E-state index contributed by atoms with van der Waals surface area (Å²) in [4.78, 5) is 0. The molecule has 0 spiro atoms. The van der Waals surface area contributed by atoms with Crippen molar-refractivity contribution in [2.75, 3.05) is 11.5 Å². The lowest BCUT2D eigenvalue weighted by Gasteiger charge is -2.22. The van der Waals surface area contributed by atoms with E-state index in [0.717, 1.165) is 6.07 Å². The first-order valence-electron chi connectivity index (χ1n) is 4.71. The van der Waals surface area contributed by atoms with Gasteiger partial charge in [0, 0.05) is 10.6 Å². The van der Waals surface area contributed by atoms with Crippen molar-refractivity contribution in [2.24, 2.45) is 0 Å². The summed E-state index contributed by atoms with van der Waals surface area (Å²) in [5, 5.41) is 10.4. The van der Waals surface area contributed by atoms with Gasteiger partial charge in [-0.3, -0.25) is 0 Å². The summed E-state index contributed by atoms with van der Waals surface area (Å²) < 4.78 is 35.7. The Morgan fingerprint density at radius 1 is 1.44 bits per heavy atom. The molecule has 6 heteroatoms. The van der Waals surface area contributed by atoms with E-state index in [1.807, 2.05) is 0 Å². The van der Waals surface area contributed by atoms with E-state index in [4.69, 9.17) is 11.6 Å². The molecule has 1 aliphatic rings. The van der Waals surface area contributed by atoms with Crippen LogP contribution in [0.5, 0.6) is 0 Å². The first kappa shape index (κ1) is 11.8. The van der Waals surface area contributed by atoms with Gasteiger partial charge in [-0.25, -0.2) is 12.8 Å². The van der Waals surface area contributed by atoms with Gasteiger partial charge < -0.3 is 5.11 Å². The Kier molecular flexibility index (Phi) is 2.72. The monoisotopic (exact) mass is 264 g/mol. The number of sulfone groups is 1. The van der Waals surface area contributed by atoms with Crippen LogP contribution in [-0.2, 0) is 15.4 Å². The largest absolute Gasteiger partial charge is 0.384 e. The molecule has 3 nitrogen and oxygen atoms in total. The quantitative estimate of drug-likeness (QED) is 0.836. The van der Waals surface area contributed by atoms with E-state index in [-0.39, 0.29) is 22.8 Å². The minimum atomic E-state index is -3.26. The Morgan fingerprint density at radius 3 is 2.69 bits per heavy atom. The fourth-order valence-corrected chi connectivity index (χ4v) is 4.01. The zero-order chi connectivity index (χ0) is 12.0. The van der Waals surface area contributed by atoms with Gasteiger partial charge in [-0.05, 0) is 24.6 Å². The predicted molar refractivity (Wildman–Crippen MR) is 58.6 cm³/mol. The van der Waals surface area contributed by atoms with Crippen LogP contribution in [0.4, 0.5) is 4.39 Å². The third-order valence-corrected chi connectivity index (χ3v) is 4.79. The second kappa shape index (κ2) is 3.68. The van der Waals surface area contributed by atoms with Gasteiger partial charge in [-0.2, -0.15) is 0 Å². The average molecular weight is 265 g/mol. The van der Waals surface area contributed by atoms with Crippen LogP contribution in [0.3, 0.4) is 0 Å². The molecule has 88 valence electrons. The maximum atomic E-state index is 13.0. The van der Waals surface area contributed by atoms with Crippen LogP contribution in [0.2, 0.25) is 5.02 Å². The molecule has 1 N–H and O–H groups in total. The Labute approximate surface area is 97.8 Å². The van der Waals surface area contributed by atoms with Crippen LogP contribution in [0.15, 0.2) is 18.2 Å². The fourth-order valence-electron chi connectivity index (χ4n) is 1.90. The zero-order valence-electron chi connectivity index (χ0n) is 8.28. The van der Waals surface area contributed by atoms with Crippen LogP contribution >= 0.6 is 11.6 Å². The number of rotatable bonds is 1. The normalized spacial score (nSPS) is 28.2. The number of halogens is 2. The molecule has 16 heavy (non-hydrogen) atoms. The Hall–Kier alpha value is -0.650. The van der Waals surface area contributed by atoms with Crippen LogP contribution in [0, 0.1) is 5.82 Å². The third-order valence-electron chi connectivity index (χ3n) is 2.72. The highest BCUT2D eigenvalue weighted by Gasteiger charge is 2.43. The van der Waals surface area contributed by atoms with Crippen LogP contribution in [0.25, 0.3) is 0 Å². The predicted octanol–water partition coefficient (Wildman–Crippen LogP) is 1.49. The van der Waals surface area contributed by atoms with Crippen molar-refractivity contribution in [3.63, 3.8) is 0 Å². The van der Waals surface area contributed by atoms with Gasteiger partial charge >= 0.3 is 0 Å². The van der Waals surface area contributed by atoms with Gasteiger partial charge in [0.25, 0.3) is 0 Å². The molecule has 0 radical (unpaired) electrons. The lowest BCUT2D eigenvalue weighted by Crippen LogP contribution is -2.27. The summed E-state index contributed by atoms with van der Waals surface area (Å²) >= 11 is 5.84. The number of hydrogen-bond donors (Lipinski definition) is 1. The first-order valence-corrected chi connectivity index (χ1v) is 6.91. The maximum Gasteiger partial charge on any atom is 0.153 e. The summed E-state index contributed by atoms with van der Waals surface area (Å²) in [5.41, 5.74) is -1.41. The first-order chi connectivity index (χ1) is 7.32. The molecule has 0 bridgehead atoms. The standard InChI is InChI=1S/C10H10ClFO3S/c11-9-2-1-7(12)5-8(9)10(13)3-4-16(14,15)6-10/h1-2,5,13H,3-4,6H2. The minimum absolute atomic E-state index is 0.0541. The van der Waals surface area contributed by atoms with Crippen molar-refractivity contribution in [3.8, 4) is 0 Å². The zero-order valence-corrected chi connectivity index (χ0v) is 9.85. The van der Waals surface area contributed by atoms with Crippen molar-refractivity contribution in [2.45, 2.75) is 12.0 Å². The van der Waals surface area contributed by atoms with E-state index >= 15 is 0 Å². The summed E-state index contributed by atoms with van der Waals surface area (Å²) in [7, 11) is -3.26. The second-order valence-electron chi connectivity index (χ2n) is 4.00. The minimum Gasteiger partial charge on any atom is -0.384 e. The summed E-state index contributed by atoms with van der Waals surface area (Å²) in [6, 6.07) is 3.57. The van der Waals surface area contributed by atoms with Crippen LogP contribution < -0.4 is 0 Å². The highest BCUT2D eigenvalue weighted by atomic mass is 35.5. The highest BCUT2D eigenvalue weighted by molar-refractivity contribution is 7.91. The van der Waals surface area contributed by atoms with E-state index in [0.29, 0.717) is 0 Å². The summed E-state index contributed by atoms with van der Waals surface area (Å²) in [5.74, 6) is -1.04. The molecule has 0 aliphatic carbocycles. The average Bonchev–Trinajstić information content (AvgIpc) is 2.46. The van der Waals surface area contributed by atoms with Crippen molar-refractivity contribution < 1.29 is 17.9 Å². The molecular formula is C10H10ClFO3S. The topological polar surface area (TPSA) is 54.4 Å². The van der Waals surface area contributed by atoms with Gasteiger partial charge in [-0.15, -0.1) is 0 Å². The molecule has 0 amide bonds. The molecular weight excluding hydrogens is 255 g/mol. The van der Waals surface area contributed by atoms with Gasteiger partial charge in [-0.1, -0.05) is 11.6 Å². The lowest BCUT2D eigenvalue weighted by molar-refractivity contribution is 0.0650. The van der Waals surface area contributed by atoms with Crippen molar-refractivity contribution >= 4 is 21.4 Å². The van der Waals surface area contributed by atoms with E-state index in [2.05, 4.69) is 0 Å². The van der Waals surface area contributed by atoms with Gasteiger partial charge in [0.05, 0.1) is 11.5 Å². The number of benzene rings is 1. The smallest absolute Gasteiger partial charge is 0.153 e. The Morgan fingerprint density at radius 2 is 2.12 bits per heavy atom. The molecule has 1 aromatic rings. The molecule has 1 unspecified atom stereocenters. The van der Waals surface area contributed by atoms with Gasteiger partial charge in [0.2, 0.25) is 0 Å².